The summed E-state index contributed by atoms with van der Waals surface area (Å²) in [5.74, 6) is 0. The second kappa shape index (κ2) is 13.9. The molecule has 0 saturated heterocycles. The molecule has 9 aromatic carbocycles. The zero-order valence-corrected chi connectivity index (χ0v) is 33.2. The Hall–Kier alpha value is -7.42. The third kappa shape index (κ3) is 5.87. The lowest BCUT2D eigenvalue weighted by atomic mass is 9.81. The van der Waals surface area contributed by atoms with Gasteiger partial charge in [-0.05, 0) is 122 Å². The molecule has 0 unspecified atom stereocenters. The number of fused-ring (bicyclic) bond motifs is 6. The number of anilines is 3. The molecule has 0 amide bonds. The van der Waals surface area contributed by atoms with E-state index < -0.39 is 0 Å². The van der Waals surface area contributed by atoms with Crippen LogP contribution in [0.15, 0.2) is 218 Å². The maximum absolute atomic E-state index is 2.40. The lowest BCUT2D eigenvalue weighted by molar-refractivity contribution is 0.660. The van der Waals surface area contributed by atoms with Crippen LogP contribution >= 0.6 is 0 Å². The highest BCUT2D eigenvalue weighted by Gasteiger charge is 2.35. The fourth-order valence-corrected chi connectivity index (χ4v) is 9.38. The predicted octanol–water partition coefficient (Wildman–Crippen LogP) is 15.6. The van der Waals surface area contributed by atoms with Crippen molar-refractivity contribution in [1.82, 2.24) is 4.57 Å². The zero-order chi connectivity index (χ0) is 39.5. The fourth-order valence-electron chi connectivity index (χ4n) is 9.38. The molecule has 11 rings (SSSR count). The van der Waals surface area contributed by atoms with Gasteiger partial charge < -0.3 is 9.47 Å². The van der Waals surface area contributed by atoms with Gasteiger partial charge in [-0.1, -0.05) is 166 Å². The Labute approximate surface area is 345 Å². The van der Waals surface area contributed by atoms with Gasteiger partial charge in [0.05, 0.1) is 11.0 Å². The van der Waals surface area contributed by atoms with Gasteiger partial charge in [-0.3, -0.25) is 0 Å². The Bertz CT molecular complexity index is 3140. The molecule has 0 fully saturated rings. The van der Waals surface area contributed by atoms with Crippen LogP contribution in [-0.2, 0) is 5.41 Å². The highest BCUT2D eigenvalue weighted by Crippen LogP contribution is 2.49. The van der Waals surface area contributed by atoms with Gasteiger partial charge in [0.2, 0.25) is 0 Å². The topological polar surface area (TPSA) is 8.17 Å². The first-order valence-corrected chi connectivity index (χ1v) is 20.5. The van der Waals surface area contributed by atoms with Gasteiger partial charge in [-0.25, -0.2) is 0 Å². The molecule has 0 radical (unpaired) electrons. The smallest absolute Gasteiger partial charge is 0.0547 e. The van der Waals surface area contributed by atoms with Gasteiger partial charge >= 0.3 is 0 Å². The van der Waals surface area contributed by atoms with E-state index in [1.54, 1.807) is 0 Å². The van der Waals surface area contributed by atoms with Crippen LogP contribution in [0.3, 0.4) is 0 Å². The molecule has 0 saturated carbocycles. The van der Waals surface area contributed by atoms with E-state index in [1.807, 2.05) is 0 Å². The first kappa shape index (κ1) is 34.8. The summed E-state index contributed by atoms with van der Waals surface area (Å²) in [4.78, 5) is 2.36. The quantitative estimate of drug-likeness (QED) is 0.157. The minimum absolute atomic E-state index is 0.0389. The van der Waals surface area contributed by atoms with E-state index in [1.165, 1.54) is 77.4 Å². The average Bonchev–Trinajstić information content (AvgIpc) is 3.75. The van der Waals surface area contributed by atoms with Crippen molar-refractivity contribution in [2.24, 2.45) is 0 Å². The zero-order valence-electron chi connectivity index (χ0n) is 33.2. The minimum Gasteiger partial charge on any atom is -0.311 e. The van der Waals surface area contributed by atoms with E-state index in [2.05, 4.69) is 242 Å². The summed E-state index contributed by atoms with van der Waals surface area (Å²) in [5.41, 5.74) is 19.6. The van der Waals surface area contributed by atoms with Crippen LogP contribution in [0.2, 0.25) is 0 Å². The largest absolute Gasteiger partial charge is 0.311 e. The third-order valence-corrected chi connectivity index (χ3v) is 12.4. The van der Waals surface area contributed by atoms with Crippen LogP contribution < -0.4 is 4.90 Å². The summed E-state index contributed by atoms with van der Waals surface area (Å²) in [6.45, 7) is 4.69. The summed E-state index contributed by atoms with van der Waals surface area (Å²) in [5, 5.41) is 2.52. The number of aromatic nitrogens is 1. The second-order valence-corrected chi connectivity index (χ2v) is 16.2. The summed E-state index contributed by atoms with van der Waals surface area (Å²) in [6.07, 6.45) is 0. The van der Waals surface area contributed by atoms with Gasteiger partial charge in [-0.15, -0.1) is 0 Å². The van der Waals surface area contributed by atoms with Crippen molar-refractivity contribution in [3.63, 3.8) is 0 Å². The predicted molar refractivity (Wildman–Crippen MR) is 249 cm³/mol. The van der Waals surface area contributed by atoms with E-state index in [4.69, 9.17) is 0 Å². The number of hydrogen-bond donors (Lipinski definition) is 0. The van der Waals surface area contributed by atoms with Crippen LogP contribution in [0, 0.1) is 0 Å². The Kier molecular flexibility index (Phi) is 8.20. The summed E-state index contributed by atoms with van der Waals surface area (Å²) >= 11 is 0. The van der Waals surface area contributed by atoms with Crippen LogP contribution in [0.1, 0.15) is 25.0 Å². The Morgan fingerprint density at radius 3 is 1.46 bits per heavy atom. The average molecular weight is 755 g/mol. The molecule has 1 aromatic heterocycles. The summed E-state index contributed by atoms with van der Waals surface area (Å²) in [7, 11) is 0. The third-order valence-electron chi connectivity index (χ3n) is 12.4. The van der Waals surface area contributed by atoms with Crippen molar-refractivity contribution in [2.75, 3.05) is 4.90 Å². The van der Waals surface area contributed by atoms with Crippen LogP contribution in [0.25, 0.3) is 72.0 Å². The van der Waals surface area contributed by atoms with Crippen molar-refractivity contribution in [2.45, 2.75) is 19.3 Å². The molecule has 280 valence electrons. The standard InChI is InChI=1S/C57H42N2/c1-57(2)53-19-11-9-17-49(53)50-35-27-43(37-54(50)57)41-23-31-47(32-24-41)58(46-29-21-40(22-30-46)39-13-5-3-6-14-39)48-33-25-42(26-34-48)44-28-36-52-51-18-10-12-20-55(51)59(56(52)38-44)45-15-7-4-8-16-45/h3-38H,1-2H3. The molecule has 2 nitrogen and oxygen atoms in total. The molecule has 0 atom stereocenters. The molecule has 0 spiro atoms. The molecule has 2 heteroatoms. The number of nitrogens with zero attached hydrogens (tertiary/aromatic N) is 2. The van der Waals surface area contributed by atoms with Gasteiger partial charge in [-0.2, -0.15) is 0 Å². The Balaban J connectivity index is 0.967. The second-order valence-electron chi connectivity index (χ2n) is 16.2. The minimum atomic E-state index is -0.0389. The number of benzene rings is 9. The molecular formula is C57H42N2. The molecule has 1 heterocycles. The highest BCUT2D eigenvalue weighted by molar-refractivity contribution is 6.10. The Morgan fingerprint density at radius 1 is 0.339 bits per heavy atom. The van der Waals surface area contributed by atoms with Crippen molar-refractivity contribution < 1.29 is 0 Å². The molecule has 1 aliphatic carbocycles. The van der Waals surface area contributed by atoms with Crippen molar-refractivity contribution in [3.05, 3.63) is 230 Å². The highest BCUT2D eigenvalue weighted by atomic mass is 15.1. The summed E-state index contributed by atoms with van der Waals surface area (Å²) in [6, 6.07) is 79.7. The maximum Gasteiger partial charge on any atom is 0.0547 e. The molecule has 59 heavy (non-hydrogen) atoms. The molecule has 0 aliphatic heterocycles. The normalized spacial score (nSPS) is 12.7. The first-order valence-electron chi connectivity index (χ1n) is 20.5. The molecular weight excluding hydrogens is 713 g/mol. The van der Waals surface area contributed by atoms with Gasteiger partial charge in [0.25, 0.3) is 0 Å². The lowest BCUT2D eigenvalue weighted by Crippen LogP contribution is -2.14. The number of hydrogen-bond acceptors (Lipinski definition) is 1. The fraction of sp³-hybridized carbons (Fsp3) is 0.0526. The van der Waals surface area contributed by atoms with E-state index >= 15 is 0 Å². The molecule has 0 N–H and O–H groups in total. The molecule has 10 aromatic rings. The van der Waals surface area contributed by atoms with Crippen molar-refractivity contribution in [1.29, 1.82) is 0 Å². The van der Waals surface area contributed by atoms with Crippen LogP contribution in [-0.4, -0.2) is 4.57 Å². The summed E-state index contributed by atoms with van der Waals surface area (Å²) < 4.78 is 2.38. The van der Waals surface area contributed by atoms with Gasteiger partial charge in [0, 0.05) is 38.9 Å². The van der Waals surface area contributed by atoms with Crippen LogP contribution in [0.4, 0.5) is 17.1 Å². The van der Waals surface area contributed by atoms with Gasteiger partial charge in [0.1, 0.15) is 0 Å². The monoisotopic (exact) mass is 754 g/mol. The van der Waals surface area contributed by atoms with E-state index in [0.29, 0.717) is 0 Å². The first-order chi connectivity index (χ1) is 29.0. The van der Waals surface area contributed by atoms with E-state index in [-0.39, 0.29) is 5.41 Å². The van der Waals surface area contributed by atoms with E-state index in [0.717, 1.165) is 22.7 Å². The number of para-hydroxylation sites is 2. The molecule has 1 aliphatic rings. The van der Waals surface area contributed by atoms with Gasteiger partial charge in [0.15, 0.2) is 0 Å². The lowest BCUT2D eigenvalue weighted by Gasteiger charge is -2.26. The molecule has 0 bridgehead atoms. The van der Waals surface area contributed by atoms with Crippen molar-refractivity contribution in [3.8, 4) is 50.2 Å². The Morgan fingerprint density at radius 2 is 0.797 bits per heavy atom. The number of rotatable bonds is 7. The maximum atomic E-state index is 2.40. The van der Waals surface area contributed by atoms with Crippen molar-refractivity contribution >= 4 is 38.9 Å². The SMILES string of the molecule is CC1(C)c2ccccc2-c2ccc(-c3ccc(N(c4ccc(-c5ccccc5)cc4)c4ccc(-c5ccc6c7ccccc7n(-c7ccccc7)c6c5)cc4)cc3)cc21. The van der Waals surface area contributed by atoms with Crippen LogP contribution in [0.5, 0.6) is 0 Å². The van der Waals surface area contributed by atoms with E-state index in [9.17, 15) is 0 Å².